The first-order valence-corrected chi connectivity index (χ1v) is 7.49. The van der Waals surface area contributed by atoms with Crippen molar-refractivity contribution in [1.29, 1.82) is 0 Å². The lowest BCUT2D eigenvalue weighted by Crippen LogP contribution is -2.66. The van der Waals surface area contributed by atoms with Gasteiger partial charge in [-0.15, -0.1) is 0 Å². The second kappa shape index (κ2) is 7.68. The fourth-order valence-electron chi connectivity index (χ4n) is 4.25. The lowest BCUT2D eigenvalue weighted by atomic mass is 9.50. The van der Waals surface area contributed by atoms with Gasteiger partial charge < -0.3 is 31.9 Å². The zero-order chi connectivity index (χ0) is 15.2. The predicted molar refractivity (Wildman–Crippen MR) is 76.9 cm³/mol. The molecule has 0 spiro atoms. The Morgan fingerprint density at radius 1 is 0.900 bits per heavy atom. The van der Waals surface area contributed by atoms with Crippen LogP contribution in [0.15, 0.2) is 0 Å². The van der Waals surface area contributed by atoms with Gasteiger partial charge in [0.15, 0.2) is 0 Å². The zero-order valence-corrected chi connectivity index (χ0v) is 12.2. The fraction of sp³-hybridized carbons (Fsp3) is 1.00. The molecule has 0 aliphatic heterocycles. The van der Waals surface area contributed by atoms with Crippen molar-refractivity contribution in [3.8, 4) is 0 Å². The van der Waals surface area contributed by atoms with Gasteiger partial charge in [-0.25, -0.2) is 0 Å². The molecule has 0 aromatic heterocycles. The van der Waals surface area contributed by atoms with Crippen molar-refractivity contribution in [3.63, 3.8) is 0 Å². The Bertz CT molecular complexity index is 284. The monoisotopic (exact) mass is 290 g/mol. The molecule has 6 heteroatoms. The standard InChI is InChI=1S/C14H30N2O4/c15-12-1-3-14(16,6-10-20)13(4-8-18,5-9-19)11(12)2-7-17/h11-12,17-20H,1-10,15-16H2. The van der Waals surface area contributed by atoms with Crippen LogP contribution in [0, 0.1) is 11.3 Å². The molecule has 8 N–H and O–H groups in total. The number of aliphatic hydroxyl groups excluding tert-OH is 4. The van der Waals surface area contributed by atoms with Crippen molar-refractivity contribution in [2.24, 2.45) is 22.8 Å². The molecule has 1 fully saturated rings. The highest BCUT2D eigenvalue weighted by molar-refractivity contribution is 5.11. The van der Waals surface area contributed by atoms with Gasteiger partial charge in [0.1, 0.15) is 0 Å². The third-order valence-corrected chi connectivity index (χ3v) is 5.26. The SMILES string of the molecule is NC1CCC(N)(CCO)C(CCO)(CCO)C1CCO. The van der Waals surface area contributed by atoms with Crippen LogP contribution in [0.4, 0.5) is 0 Å². The van der Waals surface area contributed by atoms with Gasteiger partial charge >= 0.3 is 0 Å². The van der Waals surface area contributed by atoms with Gasteiger partial charge in [-0.05, 0) is 49.9 Å². The van der Waals surface area contributed by atoms with E-state index < -0.39 is 11.0 Å². The van der Waals surface area contributed by atoms with E-state index >= 15 is 0 Å². The third-order valence-electron chi connectivity index (χ3n) is 5.26. The normalized spacial score (nSPS) is 33.3. The molecule has 0 heterocycles. The van der Waals surface area contributed by atoms with E-state index in [0.717, 1.165) is 6.42 Å². The molecule has 0 radical (unpaired) electrons. The topological polar surface area (TPSA) is 133 Å². The van der Waals surface area contributed by atoms with E-state index in [1.807, 2.05) is 0 Å². The average molecular weight is 290 g/mol. The molecular formula is C14H30N2O4. The van der Waals surface area contributed by atoms with Crippen molar-refractivity contribution in [3.05, 3.63) is 0 Å². The summed E-state index contributed by atoms with van der Waals surface area (Å²) in [4.78, 5) is 0. The van der Waals surface area contributed by atoms with Gasteiger partial charge in [0.2, 0.25) is 0 Å². The van der Waals surface area contributed by atoms with Crippen molar-refractivity contribution < 1.29 is 20.4 Å². The lowest BCUT2D eigenvalue weighted by Gasteiger charge is -2.58. The van der Waals surface area contributed by atoms with Gasteiger partial charge in [0.05, 0.1) is 0 Å². The van der Waals surface area contributed by atoms with E-state index in [4.69, 9.17) is 11.5 Å². The Morgan fingerprint density at radius 3 is 1.90 bits per heavy atom. The minimum absolute atomic E-state index is 0.00613. The molecule has 3 atom stereocenters. The summed E-state index contributed by atoms with van der Waals surface area (Å²) in [5.41, 5.74) is 11.6. The van der Waals surface area contributed by atoms with Gasteiger partial charge in [0.25, 0.3) is 0 Å². The van der Waals surface area contributed by atoms with Crippen LogP contribution in [0.1, 0.15) is 38.5 Å². The van der Waals surface area contributed by atoms with Crippen LogP contribution < -0.4 is 11.5 Å². The third kappa shape index (κ3) is 3.16. The van der Waals surface area contributed by atoms with Crippen molar-refractivity contribution in [2.75, 3.05) is 26.4 Å². The first-order chi connectivity index (χ1) is 9.51. The number of aliphatic hydroxyl groups is 4. The van der Waals surface area contributed by atoms with Gasteiger partial charge in [0, 0.05) is 38.0 Å². The minimum atomic E-state index is -0.664. The summed E-state index contributed by atoms with van der Waals surface area (Å²) >= 11 is 0. The molecule has 3 unspecified atom stereocenters. The largest absolute Gasteiger partial charge is 0.396 e. The molecule has 0 bridgehead atoms. The van der Waals surface area contributed by atoms with Crippen LogP contribution in [0.2, 0.25) is 0 Å². The minimum Gasteiger partial charge on any atom is -0.396 e. The molecule has 1 rings (SSSR count). The van der Waals surface area contributed by atoms with Crippen LogP contribution in [0.3, 0.4) is 0 Å². The summed E-state index contributed by atoms with van der Waals surface area (Å²) in [5, 5.41) is 37.6. The van der Waals surface area contributed by atoms with Crippen molar-refractivity contribution in [2.45, 2.75) is 50.1 Å². The Labute approximate surface area is 120 Å². The molecular weight excluding hydrogens is 260 g/mol. The average Bonchev–Trinajstić information content (AvgIpc) is 2.41. The van der Waals surface area contributed by atoms with Crippen LogP contribution in [-0.2, 0) is 0 Å². The van der Waals surface area contributed by atoms with E-state index in [1.54, 1.807) is 0 Å². The Kier molecular flexibility index (Phi) is 6.84. The summed E-state index contributed by atoms with van der Waals surface area (Å²) in [6.07, 6.45) is 3.19. The van der Waals surface area contributed by atoms with Crippen LogP contribution in [0.25, 0.3) is 0 Å². The van der Waals surface area contributed by atoms with E-state index in [2.05, 4.69) is 0 Å². The molecule has 0 aromatic rings. The predicted octanol–water partition coefficient (Wildman–Crippen LogP) is -1.06. The van der Waals surface area contributed by atoms with Gasteiger partial charge in [-0.3, -0.25) is 0 Å². The van der Waals surface area contributed by atoms with Crippen molar-refractivity contribution in [1.82, 2.24) is 0 Å². The van der Waals surface area contributed by atoms with E-state index in [0.29, 0.717) is 32.1 Å². The number of rotatable bonds is 8. The Hall–Kier alpha value is -0.240. The van der Waals surface area contributed by atoms with Crippen LogP contribution in [-0.4, -0.2) is 58.4 Å². The number of nitrogens with two attached hydrogens (primary N) is 2. The van der Waals surface area contributed by atoms with Crippen LogP contribution >= 0.6 is 0 Å². The molecule has 1 aliphatic rings. The summed E-state index contributed by atoms with van der Waals surface area (Å²) in [5.74, 6) is -0.0582. The quantitative estimate of drug-likeness (QED) is 0.337. The maximum atomic E-state index is 9.48. The number of hydrogen-bond acceptors (Lipinski definition) is 6. The second-order valence-corrected chi connectivity index (χ2v) is 6.05. The Balaban J connectivity index is 3.21. The zero-order valence-electron chi connectivity index (χ0n) is 12.2. The molecule has 6 nitrogen and oxygen atoms in total. The highest BCUT2D eigenvalue weighted by atomic mass is 16.3. The second-order valence-electron chi connectivity index (χ2n) is 6.05. The molecule has 0 saturated heterocycles. The van der Waals surface area contributed by atoms with Crippen LogP contribution in [0.5, 0.6) is 0 Å². The first-order valence-electron chi connectivity index (χ1n) is 7.49. The molecule has 120 valence electrons. The van der Waals surface area contributed by atoms with E-state index in [1.165, 1.54) is 0 Å². The van der Waals surface area contributed by atoms with Crippen molar-refractivity contribution >= 4 is 0 Å². The summed E-state index contributed by atoms with van der Waals surface area (Å²) < 4.78 is 0. The van der Waals surface area contributed by atoms with Gasteiger partial charge in [-0.1, -0.05) is 0 Å². The highest BCUT2D eigenvalue weighted by Crippen LogP contribution is 2.53. The molecule has 0 amide bonds. The highest BCUT2D eigenvalue weighted by Gasteiger charge is 2.56. The molecule has 20 heavy (non-hydrogen) atoms. The first kappa shape index (κ1) is 17.8. The Morgan fingerprint density at radius 2 is 1.45 bits per heavy atom. The summed E-state index contributed by atoms with van der Waals surface area (Å²) in [7, 11) is 0. The van der Waals surface area contributed by atoms with E-state index in [-0.39, 0.29) is 38.4 Å². The summed E-state index contributed by atoms with van der Waals surface area (Å²) in [6.45, 7) is -0.111. The lowest BCUT2D eigenvalue weighted by molar-refractivity contribution is -0.0672. The van der Waals surface area contributed by atoms with Gasteiger partial charge in [-0.2, -0.15) is 0 Å². The molecule has 1 saturated carbocycles. The molecule has 1 aliphatic carbocycles. The maximum Gasteiger partial charge on any atom is 0.0448 e. The number of hydrogen-bond donors (Lipinski definition) is 6. The molecule has 0 aromatic carbocycles. The fourth-order valence-corrected chi connectivity index (χ4v) is 4.25. The smallest absolute Gasteiger partial charge is 0.0448 e. The van der Waals surface area contributed by atoms with E-state index in [9.17, 15) is 20.4 Å². The summed E-state index contributed by atoms with van der Waals surface area (Å²) in [6, 6.07) is -0.101. The maximum absolute atomic E-state index is 9.48.